The summed E-state index contributed by atoms with van der Waals surface area (Å²) in [6, 6.07) is 0.358. The Morgan fingerprint density at radius 1 is 1.56 bits per heavy atom. The van der Waals surface area contributed by atoms with Crippen LogP contribution in [0.2, 0.25) is 0 Å². The molecule has 0 bridgehead atoms. The monoisotopic (exact) mass is 245 g/mol. The van der Waals surface area contributed by atoms with Crippen LogP contribution in [0.5, 0.6) is 0 Å². The van der Waals surface area contributed by atoms with Crippen LogP contribution >= 0.6 is 11.8 Å². The van der Waals surface area contributed by atoms with E-state index in [4.69, 9.17) is 5.11 Å². The van der Waals surface area contributed by atoms with Crippen LogP contribution in [0.25, 0.3) is 0 Å². The molecule has 0 aromatic carbocycles. The van der Waals surface area contributed by atoms with Crippen molar-refractivity contribution in [3.8, 4) is 0 Å². The Morgan fingerprint density at radius 2 is 2.31 bits per heavy atom. The second kappa shape index (κ2) is 7.17. The molecule has 4 heteroatoms. The number of hydrogen-bond acceptors (Lipinski definition) is 3. The molecule has 0 aromatic heterocycles. The molecule has 3 nitrogen and oxygen atoms in total. The second-order valence-electron chi connectivity index (χ2n) is 4.44. The Bertz CT molecular complexity index is 223. The third kappa shape index (κ3) is 3.67. The zero-order valence-corrected chi connectivity index (χ0v) is 11.1. The lowest BCUT2D eigenvalue weighted by Crippen LogP contribution is -2.42. The fraction of sp³-hybridized carbons (Fsp3) is 0.917. The van der Waals surface area contributed by atoms with Crippen molar-refractivity contribution in [2.24, 2.45) is 5.92 Å². The number of likely N-dealkylation sites (tertiary alicyclic amines) is 1. The van der Waals surface area contributed by atoms with Gasteiger partial charge in [0.1, 0.15) is 0 Å². The molecule has 1 amide bonds. The molecule has 16 heavy (non-hydrogen) atoms. The van der Waals surface area contributed by atoms with Gasteiger partial charge in [0.25, 0.3) is 0 Å². The third-order valence-corrected chi connectivity index (χ3v) is 4.38. The van der Waals surface area contributed by atoms with Gasteiger partial charge >= 0.3 is 0 Å². The predicted molar refractivity (Wildman–Crippen MR) is 68.6 cm³/mol. The predicted octanol–water partition coefficient (Wildman–Crippen LogP) is 1.75. The number of thioether (sulfide) groups is 1. The van der Waals surface area contributed by atoms with Gasteiger partial charge in [0.2, 0.25) is 5.91 Å². The summed E-state index contributed by atoms with van der Waals surface area (Å²) in [5.41, 5.74) is 0. The first-order valence-electron chi connectivity index (χ1n) is 6.18. The molecular formula is C12H23NO2S. The average molecular weight is 245 g/mol. The molecule has 1 fully saturated rings. The summed E-state index contributed by atoms with van der Waals surface area (Å²) in [5.74, 6) is 2.60. The SMILES string of the molecule is CCC(C)C(CSCCO)N1CCCC1=O. The first-order chi connectivity index (χ1) is 7.70. The molecule has 1 rings (SSSR count). The average Bonchev–Trinajstić information content (AvgIpc) is 2.70. The molecule has 0 aliphatic carbocycles. The number of rotatable bonds is 7. The van der Waals surface area contributed by atoms with Gasteiger partial charge in [0.15, 0.2) is 0 Å². The number of hydrogen-bond donors (Lipinski definition) is 1. The lowest BCUT2D eigenvalue weighted by molar-refractivity contribution is -0.130. The van der Waals surface area contributed by atoms with Crippen LogP contribution in [-0.4, -0.2) is 46.6 Å². The lowest BCUT2D eigenvalue weighted by Gasteiger charge is -2.32. The van der Waals surface area contributed by atoms with E-state index in [1.807, 2.05) is 0 Å². The molecule has 1 saturated heterocycles. The fourth-order valence-electron chi connectivity index (χ4n) is 2.12. The number of amides is 1. The standard InChI is InChI=1S/C12H23NO2S/c1-3-10(2)11(9-16-8-7-14)13-6-4-5-12(13)15/h10-11,14H,3-9H2,1-2H3. The van der Waals surface area contributed by atoms with Gasteiger partial charge in [-0.25, -0.2) is 0 Å². The maximum atomic E-state index is 11.7. The highest BCUT2D eigenvalue weighted by atomic mass is 32.2. The number of aliphatic hydroxyl groups excluding tert-OH is 1. The van der Waals surface area contributed by atoms with Crippen LogP contribution in [0.15, 0.2) is 0 Å². The summed E-state index contributed by atoms with van der Waals surface area (Å²) in [6.07, 6.45) is 2.84. The van der Waals surface area contributed by atoms with E-state index in [0.29, 0.717) is 17.9 Å². The summed E-state index contributed by atoms with van der Waals surface area (Å²) in [6.45, 7) is 5.55. The van der Waals surface area contributed by atoms with Crippen molar-refractivity contribution >= 4 is 17.7 Å². The van der Waals surface area contributed by atoms with Crippen LogP contribution in [0.1, 0.15) is 33.1 Å². The van der Waals surface area contributed by atoms with Gasteiger partial charge in [-0.05, 0) is 12.3 Å². The van der Waals surface area contributed by atoms with Crippen molar-refractivity contribution in [1.29, 1.82) is 0 Å². The summed E-state index contributed by atoms with van der Waals surface area (Å²) >= 11 is 1.75. The molecule has 2 atom stereocenters. The molecule has 0 spiro atoms. The first-order valence-corrected chi connectivity index (χ1v) is 7.34. The van der Waals surface area contributed by atoms with Crippen LogP contribution in [0.4, 0.5) is 0 Å². The van der Waals surface area contributed by atoms with Gasteiger partial charge < -0.3 is 10.0 Å². The van der Waals surface area contributed by atoms with Gasteiger partial charge in [-0.15, -0.1) is 0 Å². The van der Waals surface area contributed by atoms with Crippen LogP contribution < -0.4 is 0 Å². The van der Waals surface area contributed by atoms with Crippen molar-refractivity contribution in [3.05, 3.63) is 0 Å². The molecule has 1 aliphatic rings. The van der Waals surface area contributed by atoms with Crippen molar-refractivity contribution in [1.82, 2.24) is 4.90 Å². The number of nitrogens with zero attached hydrogens (tertiary/aromatic N) is 1. The highest BCUT2D eigenvalue weighted by Gasteiger charge is 2.30. The minimum atomic E-state index is 0.228. The number of carbonyl (C=O) groups is 1. The zero-order chi connectivity index (χ0) is 12.0. The van der Waals surface area contributed by atoms with E-state index in [1.54, 1.807) is 11.8 Å². The molecule has 94 valence electrons. The molecule has 0 radical (unpaired) electrons. The van der Waals surface area contributed by atoms with Crippen molar-refractivity contribution in [2.45, 2.75) is 39.2 Å². The van der Waals surface area contributed by atoms with Crippen molar-refractivity contribution in [2.75, 3.05) is 24.7 Å². The lowest BCUT2D eigenvalue weighted by atomic mass is 9.99. The van der Waals surface area contributed by atoms with Gasteiger partial charge in [-0.2, -0.15) is 11.8 Å². The first kappa shape index (κ1) is 13.8. The smallest absolute Gasteiger partial charge is 0.222 e. The van der Waals surface area contributed by atoms with Gasteiger partial charge in [-0.3, -0.25) is 4.79 Å². The fourth-order valence-corrected chi connectivity index (χ4v) is 3.17. The normalized spacial score (nSPS) is 20.2. The Labute approximate surface area is 103 Å². The van der Waals surface area contributed by atoms with E-state index >= 15 is 0 Å². The minimum absolute atomic E-state index is 0.228. The van der Waals surface area contributed by atoms with E-state index in [1.165, 1.54) is 0 Å². The summed E-state index contributed by atoms with van der Waals surface area (Å²) < 4.78 is 0. The summed E-state index contributed by atoms with van der Waals surface area (Å²) in [5, 5.41) is 8.79. The molecule has 2 unspecified atom stereocenters. The summed E-state index contributed by atoms with van der Waals surface area (Å²) in [4.78, 5) is 13.8. The van der Waals surface area contributed by atoms with E-state index in [0.717, 1.165) is 37.3 Å². The molecule has 0 aromatic rings. The maximum absolute atomic E-state index is 11.7. The molecule has 1 heterocycles. The largest absolute Gasteiger partial charge is 0.396 e. The summed E-state index contributed by atoms with van der Waals surface area (Å²) in [7, 11) is 0. The Kier molecular flexibility index (Phi) is 6.21. The van der Waals surface area contributed by atoms with Crippen molar-refractivity contribution in [3.63, 3.8) is 0 Å². The highest BCUT2D eigenvalue weighted by Crippen LogP contribution is 2.24. The number of carbonyl (C=O) groups excluding carboxylic acids is 1. The Hall–Kier alpha value is -0.220. The van der Waals surface area contributed by atoms with Gasteiger partial charge in [-0.1, -0.05) is 20.3 Å². The topological polar surface area (TPSA) is 40.5 Å². The van der Waals surface area contributed by atoms with E-state index in [2.05, 4.69) is 18.7 Å². The zero-order valence-electron chi connectivity index (χ0n) is 10.3. The number of aliphatic hydroxyl groups is 1. The molecule has 0 saturated carbocycles. The maximum Gasteiger partial charge on any atom is 0.222 e. The molecule has 1 aliphatic heterocycles. The van der Waals surface area contributed by atoms with E-state index in [9.17, 15) is 4.79 Å². The Morgan fingerprint density at radius 3 is 2.81 bits per heavy atom. The molecular weight excluding hydrogens is 222 g/mol. The minimum Gasteiger partial charge on any atom is -0.396 e. The van der Waals surface area contributed by atoms with Gasteiger partial charge in [0, 0.05) is 30.5 Å². The van der Waals surface area contributed by atoms with Gasteiger partial charge in [0.05, 0.1) is 6.61 Å². The van der Waals surface area contributed by atoms with Crippen molar-refractivity contribution < 1.29 is 9.90 Å². The van der Waals surface area contributed by atoms with Crippen LogP contribution in [-0.2, 0) is 4.79 Å². The molecule has 1 N–H and O–H groups in total. The van der Waals surface area contributed by atoms with Crippen LogP contribution in [0, 0.1) is 5.92 Å². The van der Waals surface area contributed by atoms with E-state index in [-0.39, 0.29) is 6.61 Å². The quantitative estimate of drug-likeness (QED) is 0.695. The van der Waals surface area contributed by atoms with Crippen LogP contribution in [0.3, 0.4) is 0 Å². The third-order valence-electron chi connectivity index (χ3n) is 3.34. The second-order valence-corrected chi connectivity index (χ2v) is 5.59. The highest BCUT2D eigenvalue weighted by molar-refractivity contribution is 7.99. The Balaban J connectivity index is 2.52. The van der Waals surface area contributed by atoms with E-state index < -0.39 is 0 Å².